The number of hydrogen-bond donors (Lipinski definition) is 3. The second-order valence-corrected chi connectivity index (χ2v) is 5.77. The van der Waals surface area contributed by atoms with E-state index in [2.05, 4.69) is 15.3 Å². The molecule has 0 amide bonds. The molecule has 1 atom stereocenters. The normalized spacial score (nSPS) is 17.2. The third-order valence-corrected chi connectivity index (χ3v) is 3.86. The number of nitrogens with one attached hydrogen (secondary N) is 2. The molecule has 0 saturated heterocycles. The Hall–Kier alpha value is -2.14. The molecule has 1 aromatic carbocycles. The Morgan fingerprint density at radius 1 is 1.38 bits per heavy atom. The van der Waals surface area contributed by atoms with Crippen LogP contribution in [-0.2, 0) is 5.54 Å². The van der Waals surface area contributed by atoms with Crippen LogP contribution in [0.1, 0.15) is 37.1 Å². The van der Waals surface area contributed by atoms with Crippen LogP contribution in [0.15, 0.2) is 41.2 Å². The van der Waals surface area contributed by atoms with E-state index in [0.717, 1.165) is 24.2 Å². The molecule has 2 aromatic rings. The molecule has 1 fully saturated rings. The third kappa shape index (κ3) is 2.97. The van der Waals surface area contributed by atoms with Crippen molar-refractivity contribution in [3.8, 4) is 0 Å². The highest BCUT2D eigenvalue weighted by Crippen LogP contribution is 2.38. The fourth-order valence-corrected chi connectivity index (χ4v) is 2.38. The molecule has 0 radical (unpaired) electrons. The van der Waals surface area contributed by atoms with Gasteiger partial charge >= 0.3 is 0 Å². The summed E-state index contributed by atoms with van der Waals surface area (Å²) in [5.41, 5.74) is 0.105. The van der Waals surface area contributed by atoms with Crippen molar-refractivity contribution in [3.05, 3.63) is 58.1 Å². The van der Waals surface area contributed by atoms with Gasteiger partial charge in [-0.05, 0) is 25.3 Å². The standard InChI is InChI=1S/C16H19N3O2/c1-16(10-20,12-5-3-2-4-6-12)19-13-9-14(21)18-15(17-13)11-7-8-11/h2-6,9,11,20H,7-8,10H2,1H3,(H2,17,18,19,21). The predicted octanol–water partition coefficient (Wildman–Crippen LogP) is 1.97. The lowest BCUT2D eigenvalue weighted by Gasteiger charge is -2.30. The Bertz CT molecular complexity index is 679. The largest absolute Gasteiger partial charge is 0.394 e. The van der Waals surface area contributed by atoms with E-state index < -0.39 is 5.54 Å². The number of aliphatic hydroxyl groups is 1. The van der Waals surface area contributed by atoms with Gasteiger partial charge in [0.25, 0.3) is 5.56 Å². The molecule has 1 aromatic heterocycles. The van der Waals surface area contributed by atoms with Crippen LogP contribution in [0.4, 0.5) is 5.82 Å². The van der Waals surface area contributed by atoms with E-state index in [-0.39, 0.29) is 12.2 Å². The van der Waals surface area contributed by atoms with Crippen molar-refractivity contribution in [1.82, 2.24) is 9.97 Å². The lowest BCUT2D eigenvalue weighted by molar-refractivity contribution is 0.223. The zero-order chi connectivity index (χ0) is 14.9. The van der Waals surface area contributed by atoms with Crippen molar-refractivity contribution in [3.63, 3.8) is 0 Å². The fourth-order valence-electron chi connectivity index (χ4n) is 2.38. The molecule has 0 aliphatic heterocycles. The highest BCUT2D eigenvalue weighted by molar-refractivity contribution is 5.41. The molecule has 110 valence electrons. The van der Waals surface area contributed by atoms with Crippen molar-refractivity contribution in [2.75, 3.05) is 11.9 Å². The molecule has 3 rings (SSSR count). The Kier molecular flexibility index (Phi) is 3.51. The highest BCUT2D eigenvalue weighted by Gasteiger charge is 2.29. The Balaban J connectivity index is 1.92. The summed E-state index contributed by atoms with van der Waals surface area (Å²) >= 11 is 0. The number of nitrogens with zero attached hydrogens (tertiary/aromatic N) is 1. The van der Waals surface area contributed by atoms with Gasteiger partial charge in [-0.25, -0.2) is 4.98 Å². The molecule has 1 aliphatic carbocycles. The molecule has 0 spiro atoms. The first-order valence-electron chi connectivity index (χ1n) is 7.16. The minimum Gasteiger partial charge on any atom is -0.394 e. The van der Waals surface area contributed by atoms with Gasteiger partial charge in [0.1, 0.15) is 11.6 Å². The molecular formula is C16H19N3O2. The van der Waals surface area contributed by atoms with Crippen LogP contribution in [0.25, 0.3) is 0 Å². The van der Waals surface area contributed by atoms with Crippen molar-refractivity contribution in [1.29, 1.82) is 0 Å². The monoisotopic (exact) mass is 285 g/mol. The quantitative estimate of drug-likeness (QED) is 0.785. The summed E-state index contributed by atoms with van der Waals surface area (Å²) in [7, 11) is 0. The molecule has 21 heavy (non-hydrogen) atoms. The number of anilines is 1. The maximum atomic E-state index is 11.8. The number of aromatic nitrogens is 2. The number of hydrogen-bond acceptors (Lipinski definition) is 4. The first-order valence-corrected chi connectivity index (χ1v) is 7.16. The van der Waals surface area contributed by atoms with E-state index >= 15 is 0 Å². The molecule has 0 bridgehead atoms. The van der Waals surface area contributed by atoms with Gasteiger partial charge in [-0.1, -0.05) is 30.3 Å². The van der Waals surface area contributed by atoms with Crippen LogP contribution in [0, 0.1) is 0 Å². The zero-order valence-electron chi connectivity index (χ0n) is 12.0. The van der Waals surface area contributed by atoms with Gasteiger partial charge in [0.2, 0.25) is 0 Å². The van der Waals surface area contributed by atoms with Gasteiger partial charge in [-0.15, -0.1) is 0 Å². The van der Waals surface area contributed by atoms with Crippen LogP contribution < -0.4 is 10.9 Å². The average Bonchev–Trinajstić information content (AvgIpc) is 3.32. The lowest BCUT2D eigenvalue weighted by atomic mass is 9.93. The van der Waals surface area contributed by atoms with Crippen molar-refractivity contribution in [2.45, 2.75) is 31.2 Å². The summed E-state index contributed by atoms with van der Waals surface area (Å²) in [5, 5.41) is 13.0. The van der Waals surface area contributed by atoms with E-state index in [1.807, 2.05) is 37.3 Å². The van der Waals surface area contributed by atoms with E-state index in [0.29, 0.717) is 11.7 Å². The zero-order valence-corrected chi connectivity index (χ0v) is 12.0. The lowest BCUT2D eigenvalue weighted by Crippen LogP contribution is -2.36. The number of aliphatic hydroxyl groups excluding tert-OH is 1. The van der Waals surface area contributed by atoms with Gasteiger partial charge in [0, 0.05) is 12.0 Å². The molecule has 1 saturated carbocycles. The topological polar surface area (TPSA) is 78.0 Å². The van der Waals surface area contributed by atoms with Crippen LogP contribution in [0.3, 0.4) is 0 Å². The van der Waals surface area contributed by atoms with Crippen LogP contribution in [0.5, 0.6) is 0 Å². The van der Waals surface area contributed by atoms with E-state index in [1.165, 1.54) is 6.07 Å². The Labute approximate surface area is 123 Å². The number of rotatable bonds is 5. The van der Waals surface area contributed by atoms with Gasteiger partial charge in [-0.3, -0.25) is 4.79 Å². The van der Waals surface area contributed by atoms with Crippen molar-refractivity contribution < 1.29 is 5.11 Å². The summed E-state index contributed by atoms with van der Waals surface area (Å²) in [5.74, 6) is 1.61. The Morgan fingerprint density at radius 2 is 2.10 bits per heavy atom. The van der Waals surface area contributed by atoms with Gasteiger partial charge in [0.15, 0.2) is 0 Å². The summed E-state index contributed by atoms with van der Waals surface area (Å²) in [4.78, 5) is 19.0. The molecule has 3 N–H and O–H groups in total. The summed E-state index contributed by atoms with van der Waals surface area (Å²) in [6.45, 7) is 1.80. The van der Waals surface area contributed by atoms with Gasteiger partial charge in [-0.2, -0.15) is 0 Å². The van der Waals surface area contributed by atoms with Gasteiger partial charge < -0.3 is 15.4 Å². The van der Waals surface area contributed by atoms with Crippen LogP contribution >= 0.6 is 0 Å². The molecule has 5 heteroatoms. The third-order valence-electron chi connectivity index (χ3n) is 3.86. The summed E-state index contributed by atoms with van der Waals surface area (Å²) in [6, 6.07) is 11.1. The maximum Gasteiger partial charge on any atom is 0.252 e. The summed E-state index contributed by atoms with van der Waals surface area (Å²) < 4.78 is 0. The Morgan fingerprint density at radius 3 is 2.71 bits per heavy atom. The molecule has 1 unspecified atom stereocenters. The fraction of sp³-hybridized carbons (Fsp3) is 0.375. The van der Waals surface area contributed by atoms with Crippen LogP contribution in [0.2, 0.25) is 0 Å². The second kappa shape index (κ2) is 5.33. The molecule has 1 heterocycles. The highest BCUT2D eigenvalue weighted by atomic mass is 16.3. The number of benzene rings is 1. The van der Waals surface area contributed by atoms with E-state index in [1.54, 1.807) is 0 Å². The van der Waals surface area contributed by atoms with Crippen molar-refractivity contribution >= 4 is 5.82 Å². The number of aromatic amines is 1. The van der Waals surface area contributed by atoms with Crippen LogP contribution in [-0.4, -0.2) is 21.7 Å². The molecule has 5 nitrogen and oxygen atoms in total. The molecule has 1 aliphatic rings. The smallest absolute Gasteiger partial charge is 0.252 e. The first kappa shape index (κ1) is 13.8. The van der Waals surface area contributed by atoms with Gasteiger partial charge in [0.05, 0.1) is 12.1 Å². The number of H-pyrrole nitrogens is 1. The molecular weight excluding hydrogens is 266 g/mol. The maximum absolute atomic E-state index is 11.8. The first-order chi connectivity index (χ1) is 10.1. The minimum absolute atomic E-state index is 0.0930. The second-order valence-electron chi connectivity index (χ2n) is 5.77. The SMILES string of the molecule is CC(CO)(Nc1cc(=O)[nH]c(C2CC2)n1)c1ccccc1. The predicted molar refractivity (Wildman–Crippen MR) is 81.3 cm³/mol. The van der Waals surface area contributed by atoms with Crippen molar-refractivity contribution in [2.24, 2.45) is 0 Å². The summed E-state index contributed by atoms with van der Waals surface area (Å²) in [6.07, 6.45) is 2.14. The van der Waals surface area contributed by atoms with E-state index in [9.17, 15) is 9.90 Å². The van der Waals surface area contributed by atoms with E-state index in [4.69, 9.17) is 0 Å². The minimum atomic E-state index is -0.678. The average molecular weight is 285 g/mol.